The lowest BCUT2D eigenvalue weighted by Gasteiger charge is -2.28. The van der Waals surface area contributed by atoms with Crippen LogP contribution in [0.25, 0.3) is 0 Å². The van der Waals surface area contributed by atoms with Crippen molar-refractivity contribution >= 4 is 11.5 Å². The second kappa shape index (κ2) is 4.30. The molecule has 1 aliphatic rings. The average Bonchev–Trinajstić information content (AvgIpc) is 2.30. The first kappa shape index (κ1) is 10.6. The molecule has 5 nitrogen and oxygen atoms in total. The molecule has 84 valence electrons. The molecule has 1 saturated heterocycles. The van der Waals surface area contributed by atoms with Crippen molar-refractivity contribution in [1.82, 2.24) is 4.98 Å². The SMILES string of the molecule is C=C1CCN(c2ncccc2[N+](=O)[O-])CC1. The summed E-state index contributed by atoms with van der Waals surface area (Å²) < 4.78 is 0. The Balaban J connectivity index is 2.26. The maximum absolute atomic E-state index is 10.9. The lowest BCUT2D eigenvalue weighted by molar-refractivity contribution is -0.384. The maximum Gasteiger partial charge on any atom is 0.311 e. The van der Waals surface area contributed by atoms with Gasteiger partial charge in [-0.05, 0) is 18.9 Å². The second-order valence-corrected chi connectivity index (χ2v) is 3.84. The Morgan fingerprint density at radius 1 is 1.44 bits per heavy atom. The number of pyridine rings is 1. The van der Waals surface area contributed by atoms with Gasteiger partial charge in [0, 0.05) is 25.4 Å². The summed E-state index contributed by atoms with van der Waals surface area (Å²) in [5.41, 5.74) is 1.28. The van der Waals surface area contributed by atoms with Crippen LogP contribution in [0.5, 0.6) is 0 Å². The summed E-state index contributed by atoms with van der Waals surface area (Å²) in [6.45, 7) is 5.44. The van der Waals surface area contributed by atoms with E-state index in [4.69, 9.17) is 0 Å². The molecular formula is C11H13N3O2. The van der Waals surface area contributed by atoms with Gasteiger partial charge in [0.25, 0.3) is 0 Å². The third-order valence-electron chi connectivity index (χ3n) is 2.73. The zero-order valence-corrected chi connectivity index (χ0v) is 8.93. The topological polar surface area (TPSA) is 59.3 Å². The van der Waals surface area contributed by atoms with E-state index in [9.17, 15) is 10.1 Å². The molecule has 0 bridgehead atoms. The van der Waals surface area contributed by atoms with Crippen LogP contribution in [0.15, 0.2) is 30.5 Å². The van der Waals surface area contributed by atoms with Crippen molar-refractivity contribution < 1.29 is 4.92 Å². The molecule has 0 aliphatic carbocycles. The normalized spacial score (nSPS) is 16.2. The van der Waals surface area contributed by atoms with E-state index >= 15 is 0 Å². The number of aromatic nitrogens is 1. The summed E-state index contributed by atoms with van der Waals surface area (Å²) >= 11 is 0. The van der Waals surface area contributed by atoms with Gasteiger partial charge in [0.05, 0.1) is 4.92 Å². The van der Waals surface area contributed by atoms with E-state index in [2.05, 4.69) is 11.6 Å². The monoisotopic (exact) mass is 219 g/mol. The molecule has 2 heterocycles. The van der Waals surface area contributed by atoms with E-state index in [1.165, 1.54) is 11.6 Å². The van der Waals surface area contributed by atoms with Crippen LogP contribution in [0, 0.1) is 10.1 Å². The highest BCUT2D eigenvalue weighted by atomic mass is 16.6. The summed E-state index contributed by atoms with van der Waals surface area (Å²) in [5, 5.41) is 10.9. The molecule has 1 aliphatic heterocycles. The number of nitrogens with zero attached hydrogens (tertiary/aromatic N) is 3. The first-order valence-electron chi connectivity index (χ1n) is 5.19. The first-order chi connectivity index (χ1) is 7.68. The minimum absolute atomic E-state index is 0.0787. The zero-order chi connectivity index (χ0) is 11.5. The van der Waals surface area contributed by atoms with Crippen LogP contribution in [0.2, 0.25) is 0 Å². The minimum atomic E-state index is -0.383. The van der Waals surface area contributed by atoms with Gasteiger partial charge in [0.1, 0.15) is 0 Å². The molecule has 2 rings (SSSR count). The highest BCUT2D eigenvalue weighted by Crippen LogP contribution is 2.28. The van der Waals surface area contributed by atoms with E-state index in [-0.39, 0.29) is 10.6 Å². The molecule has 0 aromatic carbocycles. The van der Waals surface area contributed by atoms with E-state index in [1.54, 1.807) is 12.3 Å². The lowest BCUT2D eigenvalue weighted by atomic mass is 10.1. The van der Waals surface area contributed by atoms with Crippen LogP contribution >= 0.6 is 0 Å². The highest BCUT2D eigenvalue weighted by molar-refractivity contribution is 5.57. The van der Waals surface area contributed by atoms with Crippen LogP contribution in [-0.2, 0) is 0 Å². The van der Waals surface area contributed by atoms with Crippen molar-refractivity contribution in [3.05, 3.63) is 40.6 Å². The van der Waals surface area contributed by atoms with Crippen molar-refractivity contribution in [3.8, 4) is 0 Å². The van der Waals surface area contributed by atoms with Crippen molar-refractivity contribution in [3.63, 3.8) is 0 Å². The largest absolute Gasteiger partial charge is 0.350 e. The fourth-order valence-electron chi connectivity index (χ4n) is 1.81. The van der Waals surface area contributed by atoms with E-state index in [1.807, 2.05) is 4.90 Å². The Hall–Kier alpha value is -1.91. The highest BCUT2D eigenvalue weighted by Gasteiger charge is 2.22. The molecule has 1 aromatic heterocycles. The van der Waals surface area contributed by atoms with E-state index < -0.39 is 0 Å². The maximum atomic E-state index is 10.9. The molecule has 1 fully saturated rings. The van der Waals surface area contributed by atoms with Gasteiger partial charge in [0.15, 0.2) is 0 Å². The summed E-state index contributed by atoms with van der Waals surface area (Å²) in [6.07, 6.45) is 3.35. The molecule has 1 aromatic rings. The molecule has 5 heteroatoms. The fourth-order valence-corrected chi connectivity index (χ4v) is 1.81. The Labute approximate surface area is 93.6 Å². The van der Waals surface area contributed by atoms with Gasteiger partial charge in [0.2, 0.25) is 5.82 Å². The molecule has 0 saturated carbocycles. The van der Waals surface area contributed by atoms with Crippen LogP contribution in [0.1, 0.15) is 12.8 Å². The third kappa shape index (κ3) is 2.03. The van der Waals surface area contributed by atoms with Crippen molar-refractivity contribution in [2.75, 3.05) is 18.0 Å². The fraction of sp³-hybridized carbons (Fsp3) is 0.364. The number of hydrogen-bond donors (Lipinski definition) is 0. The van der Waals surface area contributed by atoms with Gasteiger partial charge in [-0.3, -0.25) is 10.1 Å². The van der Waals surface area contributed by atoms with Gasteiger partial charge in [-0.2, -0.15) is 0 Å². The van der Waals surface area contributed by atoms with Gasteiger partial charge in [-0.1, -0.05) is 12.2 Å². The number of nitro groups is 1. The van der Waals surface area contributed by atoms with Crippen molar-refractivity contribution in [2.24, 2.45) is 0 Å². The average molecular weight is 219 g/mol. The molecule has 0 unspecified atom stereocenters. The zero-order valence-electron chi connectivity index (χ0n) is 8.93. The summed E-state index contributed by atoms with van der Waals surface area (Å²) in [4.78, 5) is 16.5. The number of piperidine rings is 1. The lowest BCUT2D eigenvalue weighted by Crippen LogP contribution is -2.31. The molecule has 0 N–H and O–H groups in total. The van der Waals surface area contributed by atoms with Crippen molar-refractivity contribution in [2.45, 2.75) is 12.8 Å². The van der Waals surface area contributed by atoms with Crippen LogP contribution in [0.3, 0.4) is 0 Å². The van der Waals surface area contributed by atoms with Crippen molar-refractivity contribution in [1.29, 1.82) is 0 Å². The van der Waals surface area contributed by atoms with Crippen LogP contribution in [-0.4, -0.2) is 23.0 Å². The quantitative estimate of drug-likeness (QED) is 0.434. The van der Waals surface area contributed by atoms with Gasteiger partial charge in [-0.25, -0.2) is 4.98 Å². The van der Waals surface area contributed by atoms with Gasteiger partial charge < -0.3 is 4.90 Å². The minimum Gasteiger partial charge on any atom is -0.350 e. The van der Waals surface area contributed by atoms with Crippen LogP contribution < -0.4 is 4.90 Å². The summed E-state index contributed by atoms with van der Waals surface area (Å²) in [6, 6.07) is 3.08. The second-order valence-electron chi connectivity index (χ2n) is 3.84. The smallest absolute Gasteiger partial charge is 0.311 e. The molecule has 0 spiro atoms. The first-order valence-corrected chi connectivity index (χ1v) is 5.19. The summed E-state index contributed by atoms with van der Waals surface area (Å²) in [7, 11) is 0. The Kier molecular flexibility index (Phi) is 2.85. The molecule has 0 amide bonds. The van der Waals surface area contributed by atoms with Crippen LogP contribution in [0.4, 0.5) is 11.5 Å². The predicted octanol–water partition coefficient (Wildman–Crippen LogP) is 2.15. The molecule has 0 radical (unpaired) electrons. The van der Waals surface area contributed by atoms with E-state index in [0.29, 0.717) is 5.82 Å². The third-order valence-corrected chi connectivity index (χ3v) is 2.73. The number of hydrogen-bond acceptors (Lipinski definition) is 4. The summed E-state index contributed by atoms with van der Waals surface area (Å²) in [5.74, 6) is 0.472. The molecule has 16 heavy (non-hydrogen) atoms. The Morgan fingerprint density at radius 2 is 2.12 bits per heavy atom. The van der Waals surface area contributed by atoms with Gasteiger partial charge >= 0.3 is 5.69 Å². The Bertz CT molecular complexity index is 421. The Morgan fingerprint density at radius 3 is 2.75 bits per heavy atom. The van der Waals surface area contributed by atoms with Gasteiger partial charge in [-0.15, -0.1) is 0 Å². The molecular weight excluding hydrogens is 206 g/mol. The number of anilines is 1. The standard InChI is InChI=1S/C11H13N3O2/c1-9-4-7-13(8-5-9)11-10(14(15)16)3-2-6-12-11/h2-3,6H,1,4-5,7-8H2. The molecule has 0 atom stereocenters. The number of rotatable bonds is 2. The predicted molar refractivity (Wildman–Crippen MR) is 61.5 cm³/mol. The van der Waals surface area contributed by atoms with E-state index in [0.717, 1.165) is 25.9 Å².